The molecule has 1 unspecified atom stereocenters. The standard InChI is InChI=1S/C21H17Cl2F2NO2S/c1-2-12-3-6-15-17(12)11-26(21(15)16-7-5-14(24)10-19(16)25)29(27,28)20-9-13(22)4-8-18(20)23/h4-5,7-12H,2-3,6H2,1H3. The highest BCUT2D eigenvalue weighted by molar-refractivity contribution is 7.90. The first-order valence-corrected chi connectivity index (χ1v) is 11.3. The molecule has 3 nitrogen and oxygen atoms in total. The molecule has 0 radical (unpaired) electrons. The lowest BCUT2D eigenvalue weighted by molar-refractivity contribution is 0.582. The van der Waals surface area contributed by atoms with Crippen molar-refractivity contribution in [2.75, 3.05) is 0 Å². The van der Waals surface area contributed by atoms with Gasteiger partial charge < -0.3 is 0 Å². The molecule has 0 N–H and O–H groups in total. The van der Waals surface area contributed by atoms with E-state index in [2.05, 4.69) is 0 Å². The van der Waals surface area contributed by atoms with Gasteiger partial charge in [-0.05, 0) is 66.6 Å². The molecule has 1 aliphatic carbocycles. The molecule has 1 atom stereocenters. The van der Waals surface area contributed by atoms with Crippen molar-refractivity contribution in [3.8, 4) is 11.3 Å². The van der Waals surface area contributed by atoms with E-state index < -0.39 is 21.7 Å². The van der Waals surface area contributed by atoms with Crippen LogP contribution in [0.25, 0.3) is 11.3 Å². The van der Waals surface area contributed by atoms with E-state index in [0.717, 1.165) is 40.1 Å². The van der Waals surface area contributed by atoms with Gasteiger partial charge in [0.05, 0.1) is 10.7 Å². The second-order valence-corrected chi connectivity index (χ2v) is 9.68. The Labute approximate surface area is 177 Å². The molecular formula is C21H17Cl2F2NO2S. The van der Waals surface area contributed by atoms with Crippen molar-refractivity contribution < 1.29 is 17.2 Å². The van der Waals surface area contributed by atoms with Crippen molar-refractivity contribution in [1.82, 2.24) is 3.97 Å². The lowest BCUT2D eigenvalue weighted by Gasteiger charge is -2.14. The van der Waals surface area contributed by atoms with Gasteiger partial charge in [0, 0.05) is 22.8 Å². The van der Waals surface area contributed by atoms with Crippen LogP contribution in [0.2, 0.25) is 10.0 Å². The predicted molar refractivity (Wildman–Crippen MR) is 110 cm³/mol. The van der Waals surface area contributed by atoms with E-state index in [1.54, 1.807) is 6.20 Å². The molecule has 152 valence electrons. The number of fused-ring (bicyclic) bond motifs is 1. The summed E-state index contributed by atoms with van der Waals surface area (Å²) < 4.78 is 56.2. The van der Waals surface area contributed by atoms with Crippen LogP contribution in [0.4, 0.5) is 8.78 Å². The maximum absolute atomic E-state index is 14.7. The molecule has 1 aromatic heterocycles. The molecule has 3 aromatic rings. The van der Waals surface area contributed by atoms with Gasteiger partial charge in [0.1, 0.15) is 16.5 Å². The van der Waals surface area contributed by atoms with Crippen molar-refractivity contribution in [2.24, 2.45) is 0 Å². The van der Waals surface area contributed by atoms with E-state index in [1.807, 2.05) is 6.92 Å². The van der Waals surface area contributed by atoms with Crippen LogP contribution in [0.3, 0.4) is 0 Å². The Morgan fingerprint density at radius 3 is 2.59 bits per heavy atom. The number of benzene rings is 2. The van der Waals surface area contributed by atoms with Crippen LogP contribution in [0.1, 0.15) is 36.8 Å². The Morgan fingerprint density at radius 1 is 1.14 bits per heavy atom. The van der Waals surface area contributed by atoms with Crippen LogP contribution in [-0.4, -0.2) is 12.4 Å². The van der Waals surface area contributed by atoms with E-state index in [9.17, 15) is 17.2 Å². The molecule has 4 rings (SSSR count). The van der Waals surface area contributed by atoms with E-state index >= 15 is 0 Å². The van der Waals surface area contributed by atoms with Gasteiger partial charge in [-0.15, -0.1) is 0 Å². The Bertz CT molecular complexity index is 1220. The smallest absolute Gasteiger partial charge is 0.240 e. The largest absolute Gasteiger partial charge is 0.269 e. The fourth-order valence-corrected chi connectivity index (χ4v) is 6.13. The average Bonchev–Trinajstić information content (AvgIpc) is 3.23. The van der Waals surface area contributed by atoms with Gasteiger partial charge in [-0.25, -0.2) is 21.2 Å². The zero-order chi connectivity index (χ0) is 20.9. The molecule has 0 saturated heterocycles. The minimum atomic E-state index is -4.17. The van der Waals surface area contributed by atoms with Crippen LogP contribution in [0.5, 0.6) is 0 Å². The van der Waals surface area contributed by atoms with Gasteiger partial charge >= 0.3 is 0 Å². The summed E-state index contributed by atoms with van der Waals surface area (Å²) in [5, 5.41) is 0.231. The summed E-state index contributed by atoms with van der Waals surface area (Å²) in [6.07, 6.45) is 3.85. The van der Waals surface area contributed by atoms with Crippen molar-refractivity contribution in [3.63, 3.8) is 0 Å². The molecule has 0 fully saturated rings. The van der Waals surface area contributed by atoms with E-state index in [-0.39, 0.29) is 32.1 Å². The number of hydrogen-bond donors (Lipinski definition) is 0. The van der Waals surface area contributed by atoms with Crippen molar-refractivity contribution in [2.45, 2.75) is 37.0 Å². The van der Waals surface area contributed by atoms with Crippen molar-refractivity contribution in [1.29, 1.82) is 0 Å². The van der Waals surface area contributed by atoms with Crippen LogP contribution < -0.4 is 0 Å². The second-order valence-electron chi connectivity index (χ2n) is 7.06. The van der Waals surface area contributed by atoms with Crippen LogP contribution >= 0.6 is 23.2 Å². The second kappa shape index (κ2) is 7.42. The maximum Gasteiger partial charge on any atom is 0.269 e. The van der Waals surface area contributed by atoms with Gasteiger partial charge in [-0.3, -0.25) is 0 Å². The highest BCUT2D eigenvalue weighted by Gasteiger charge is 2.34. The highest BCUT2D eigenvalue weighted by Crippen LogP contribution is 2.44. The molecule has 0 bridgehead atoms. The highest BCUT2D eigenvalue weighted by atomic mass is 35.5. The molecular weight excluding hydrogens is 439 g/mol. The first-order valence-electron chi connectivity index (χ1n) is 9.14. The molecule has 0 spiro atoms. The van der Waals surface area contributed by atoms with Gasteiger partial charge in [0.15, 0.2) is 0 Å². The quantitative estimate of drug-likeness (QED) is 0.455. The fraction of sp³-hybridized carbons (Fsp3) is 0.238. The van der Waals surface area contributed by atoms with Gasteiger partial charge in [-0.2, -0.15) is 0 Å². The topological polar surface area (TPSA) is 39.1 Å². The molecule has 0 saturated carbocycles. The summed E-state index contributed by atoms with van der Waals surface area (Å²) in [4.78, 5) is -0.169. The normalized spacial score (nSPS) is 16.2. The maximum atomic E-state index is 14.7. The van der Waals surface area contributed by atoms with Gasteiger partial charge in [-0.1, -0.05) is 30.1 Å². The minimum Gasteiger partial charge on any atom is -0.240 e. The number of nitrogens with zero attached hydrogens (tertiary/aromatic N) is 1. The number of hydrogen-bond acceptors (Lipinski definition) is 2. The summed E-state index contributed by atoms with van der Waals surface area (Å²) >= 11 is 12.2. The molecule has 8 heteroatoms. The van der Waals surface area contributed by atoms with Crippen LogP contribution in [0, 0.1) is 11.6 Å². The summed E-state index contributed by atoms with van der Waals surface area (Å²) in [6.45, 7) is 2.03. The van der Waals surface area contributed by atoms with Gasteiger partial charge in [0.2, 0.25) is 0 Å². The summed E-state index contributed by atoms with van der Waals surface area (Å²) in [5.41, 5.74) is 1.88. The molecule has 2 aromatic carbocycles. The zero-order valence-corrected chi connectivity index (χ0v) is 17.8. The third-order valence-corrected chi connectivity index (χ3v) is 7.78. The van der Waals surface area contributed by atoms with Crippen molar-refractivity contribution >= 4 is 33.2 Å². The summed E-state index contributed by atoms with van der Waals surface area (Å²) in [6, 6.07) is 7.31. The Kier molecular flexibility index (Phi) is 5.21. The fourth-order valence-electron chi connectivity index (χ4n) is 3.98. The first kappa shape index (κ1) is 20.4. The first-order chi connectivity index (χ1) is 13.7. The molecule has 0 amide bonds. The van der Waals surface area contributed by atoms with E-state index in [0.29, 0.717) is 6.42 Å². The Morgan fingerprint density at radius 2 is 1.90 bits per heavy atom. The molecule has 1 heterocycles. The monoisotopic (exact) mass is 455 g/mol. The SMILES string of the molecule is CCC1CCc2c1cn(S(=O)(=O)c1cc(Cl)ccc1Cl)c2-c1ccc(F)cc1F. The Hall–Kier alpha value is -1.89. The Balaban J connectivity index is 2.03. The van der Waals surface area contributed by atoms with E-state index in [4.69, 9.17) is 23.2 Å². The predicted octanol–water partition coefficient (Wildman–Crippen LogP) is 6.42. The van der Waals surface area contributed by atoms with Crippen LogP contribution in [-0.2, 0) is 16.4 Å². The lowest BCUT2D eigenvalue weighted by Crippen LogP contribution is -2.15. The molecule has 0 aliphatic heterocycles. The average molecular weight is 456 g/mol. The number of halogens is 4. The summed E-state index contributed by atoms with van der Waals surface area (Å²) in [5.74, 6) is -1.37. The minimum absolute atomic E-state index is 0.0147. The van der Waals surface area contributed by atoms with Gasteiger partial charge in [0.25, 0.3) is 10.0 Å². The van der Waals surface area contributed by atoms with E-state index in [1.165, 1.54) is 24.3 Å². The van der Waals surface area contributed by atoms with Crippen LogP contribution in [0.15, 0.2) is 47.5 Å². The summed E-state index contributed by atoms with van der Waals surface area (Å²) in [7, 11) is -4.17. The lowest BCUT2D eigenvalue weighted by atomic mass is 10.0. The third-order valence-electron chi connectivity index (χ3n) is 5.40. The third kappa shape index (κ3) is 3.37. The van der Waals surface area contributed by atoms with Crippen molar-refractivity contribution in [3.05, 3.63) is 75.4 Å². The number of aromatic nitrogens is 1. The molecule has 29 heavy (non-hydrogen) atoms. The zero-order valence-electron chi connectivity index (χ0n) is 15.4. The molecule has 1 aliphatic rings. The number of rotatable bonds is 4.